The molecule has 1 aromatic heterocycles. The summed E-state index contributed by atoms with van der Waals surface area (Å²) in [5.41, 5.74) is 3.48. The average Bonchev–Trinajstić information content (AvgIpc) is 2.61. The Morgan fingerprint density at radius 2 is 2.07 bits per heavy atom. The van der Waals surface area contributed by atoms with Crippen LogP contribution in [-0.4, -0.2) is 29.5 Å². The maximum atomic E-state index is 4.43. The zero-order valence-corrected chi connectivity index (χ0v) is 11.0. The van der Waals surface area contributed by atoms with Crippen LogP contribution in [0.1, 0.15) is 20.8 Å². The average molecular weight is 268 g/mol. The van der Waals surface area contributed by atoms with Gasteiger partial charge >= 0.3 is 95.9 Å². The molecule has 0 saturated carbocycles. The van der Waals surface area contributed by atoms with Crippen molar-refractivity contribution >= 4 is 31.7 Å². The van der Waals surface area contributed by atoms with Crippen LogP contribution in [0, 0.1) is 5.41 Å². The monoisotopic (exact) mass is 269 g/mol. The van der Waals surface area contributed by atoms with Gasteiger partial charge in [-0.25, -0.2) is 0 Å². The van der Waals surface area contributed by atoms with Gasteiger partial charge in [-0.1, -0.05) is 0 Å². The number of nitrogens with one attached hydrogen (secondary N) is 1. The molecule has 0 aliphatic heterocycles. The van der Waals surface area contributed by atoms with Gasteiger partial charge in [0, 0.05) is 0 Å². The second-order valence-corrected chi connectivity index (χ2v) is 5.96. The molecule has 0 amide bonds. The molecule has 0 aliphatic carbocycles. The molecular weight excluding hydrogens is 253 g/mol. The summed E-state index contributed by atoms with van der Waals surface area (Å²) < 4.78 is 8.79. The third-order valence-electron chi connectivity index (χ3n) is 2.10. The Balaban J connectivity index is 2.24. The van der Waals surface area contributed by atoms with Gasteiger partial charge in [0.05, 0.1) is 0 Å². The fourth-order valence-electron chi connectivity index (χ4n) is 1.31. The summed E-state index contributed by atoms with van der Waals surface area (Å²) >= 11 is 0.0574. The molecule has 0 atom stereocenters. The van der Waals surface area contributed by atoms with Crippen LogP contribution in [0.3, 0.4) is 0 Å². The number of fused-ring (bicyclic) bond motifs is 1. The molecule has 0 spiro atoms. The van der Waals surface area contributed by atoms with E-state index in [1.807, 2.05) is 12.1 Å². The van der Waals surface area contributed by atoms with Crippen molar-refractivity contribution in [1.29, 1.82) is 0 Å². The Hall–Kier alpha value is -0.861. The summed E-state index contributed by atoms with van der Waals surface area (Å²) in [4.78, 5) is 0. The first-order valence-corrected chi connectivity index (χ1v) is 6.55. The third kappa shape index (κ3) is 2.58. The molecule has 2 rings (SSSR count). The summed E-state index contributed by atoms with van der Waals surface area (Å²) in [5, 5.41) is 3.44. The first-order valence-electron chi connectivity index (χ1n) is 5.01. The minimum absolute atomic E-state index is 0.0574. The van der Waals surface area contributed by atoms with E-state index in [0.717, 1.165) is 23.3 Å². The molecule has 0 fully saturated rings. The summed E-state index contributed by atoms with van der Waals surface area (Å²) in [5.74, 6) is 0. The minimum atomic E-state index is 0.0574. The molecule has 15 heavy (non-hydrogen) atoms. The predicted molar refractivity (Wildman–Crippen MR) is 64.4 cm³/mol. The summed E-state index contributed by atoms with van der Waals surface area (Å²) in [6.45, 7) is 7.60. The molecule has 0 radical (unpaired) electrons. The van der Waals surface area contributed by atoms with Crippen LogP contribution in [0.4, 0.5) is 5.69 Å². The number of hydrogen-bond donors (Lipinski definition) is 1. The van der Waals surface area contributed by atoms with Crippen LogP contribution < -0.4 is 5.32 Å². The first-order chi connectivity index (χ1) is 7.06. The molecule has 1 N–H and O–H groups in total. The standard InChI is InChI=1S/C11H15N3Se/c1-11(2,3)7-12-8-5-4-6-9-10(8)14-15-13-9/h4-6,12H,7H2,1-3H3. The molecule has 0 bridgehead atoms. The van der Waals surface area contributed by atoms with Crippen molar-refractivity contribution in [3.05, 3.63) is 18.2 Å². The van der Waals surface area contributed by atoms with Crippen LogP contribution in [0.5, 0.6) is 0 Å². The van der Waals surface area contributed by atoms with Crippen molar-refractivity contribution in [2.45, 2.75) is 20.8 Å². The number of anilines is 1. The molecule has 1 aromatic carbocycles. The van der Waals surface area contributed by atoms with Gasteiger partial charge < -0.3 is 0 Å². The molecule has 80 valence electrons. The number of nitrogens with zero attached hydrogens (tertiary/aromatic N) is 2. The number of rotatable bonds is 2. The van der Waals surface area contributed by atoms with E-state index in [1.54, 1.807) is 0 Å². The van der Waals surface area contributed by atoms with Gasteiger partial charge in [-0.2, -0.15) is 0 Å². The fraction of sp³-hybridized carbons (Fsp3) is 0.455. The van der Waals surface area contributed by atoms with Crippen LogP contribution >= 0.6 is 0 Å². The van der Waals surface area contributed by atoms with E-state index in [2.05, 4.69) is 40.1 Å². The van der Waals surface area contributed by atoms with Gasteiger partial charge in [-0.15, -0.1) is 0 Å². The number of aromatic nitrogens is 2. The van der Waals surface area contributed by atoms with Crippen molar-refractivity contribution < 1.29 is 0 Å². The molecular formula is C11H15N3Se. The first kappa shape index (κ1) is 10.7. The van der Waals surface area contributed by atoms with Crippen molar-refractivity contribution in [2.75, 3.05) is 11.9 Å². The summed E-state index contributed by atoms with van der Waals surface area (Å²) in [6.07, 6.45) is 0. The van der Waals surface area contributed by atoms with Gasteiger partial charge in [0.2, 0.25) is 0 Å². The Kier molecular flexibility index (Phi) is 2.80. The maximum absolute atomic E-state index is 4.43. The van der Waals surface area contributed by atoms with Gasteiger partial charge in [0.25, 0.3) is 0 Å². The third-order valence-corrected chi connectivity index (χ3v) is 3.23. The predicted octanol–water partition coefficient (Wildman–Crippen LogP) is 2.14. The van der Waals surface area contributed by atoms with E-state index in [1.165, 1.54) is 0 Å². The second kappa shape index (κ2) is 3.95. The summed E-state index contributed by atoms with van der Waals surface area (Å²) in [7, 11) is 0. The van der Waals surface area contributed by atoms with Crippen LogP contribution in [0.2, 0.25) is 0 Å². The van der Waals surface area contributed by atoms with E-state index in [-0.39, 0.29) is 20.4 Å². The van der Waals surface area contributed by atoms with Crippen LogP contribution in [-0.2, 0) is 0 Å². The topological polar surface area (TPSA) is 37.8 Å². The zero-order chi connectivity index (χ0) is 10.9. The number of benzene rings is 1. The van der Waals surface area contributed by atoms with Gasteiger partial charge in [-0.05, 0) is 0 Å². The van der Waals surface area contributed by atoms with Crippen molar-refractivity contribution in [1.82, 2.24) is 7.96 Å². The van der Waals surface area contributed by atoms with Gasteiger partial charge in [0.15, 0.2) is 0 Å². The van der Waals surface area contributed by atoms with Gasteiger partial charge in [-0.3, -0.25) is 0 Å². The van der Waals surface area contributed by atoms with E-state index in [4.69, 9.17) is 0 Å². The molecule has 0 unspecified atom stereocenters. The molecule has 2 aromatic rings. The quantitative estimate of drug-likeness (QED) is 0.848. The molecule has 4 heteroatoms. The number of hydrogen-bond acceptors (Lipinski definition) is 3. The zero-order valence-electron chi connectivity index (χ0n) is 9.24. The van der Waals surface area contributed by atoms with Crippen molar-refractivity contribution in [2.24, 2.45) is 5.41 Å². The van der Waals surface area contributed by atoms with Crippen molar-refractivity contribution in [3.8, 4) is 0 Å². The SMILES string of the molecule is CC(C)(C)CNc1cccc2n[se]nc12. The van der Waals surface area contributed by atoms with Crippen LogP contribution in [0.25, 0.3) is 11.0 Å². The molecule has 0 saturated heterocycles. The molecule has 0 aliphatic rings. The Labute approximate surface area is 96.1 Å². The molecule has 1 heterocycles. The summed E-state index contributed by atoms with van der Waals surface area (Å²) in [6, 6.07) is 6.13. The van der Waals surface area contributed by atoms with E-state index < -0.39 is 0 Å². The van der Waals surface area contributed by atoms with E-state index >= 15 is 0 Å². The van der Waals surface area contributed by atoms with E-state index in [9.17, 15) is 0 Å². The normalized spacial score (nSPS) is 11.9. The Morgan fingerprint density at radius 1 is 1.27 bits per heavy atom. The fourth-order valence-corrected chi connectivity index (χ4v) is 2.46. The Morgan fingerprint density at radius 3 is 2.80 bits per heavy atom. The molecule has 3 nitrogen and oxygen atoms in total. The Bertz CT molecular complexity index is 456. The van der Waals surface area contributed by atoms with E-state index in [0.29, 0.717) is 0 Å². The van der Waals surface area contributed by atoms with Gasteiger partial charge in [0.1, 0.15) is 0 Å². The second-order valence-electron chi connectivity index (χ2n) is 4.85. The van der Waals surface area contributed by atoms with Crippen LogP contribution in [0.15, 0.2) is 18.2 Å². The van der Waals surface area contributed by atoms with Crippen molar-refractivity contribution in [3.63, 3.8) is 0 Å².